The number of hydrogen-bond donors (Lipinski definition) is 1. The highest BCUT2D eigenvalue weighted by Gasteiger charge is 2.24. The molecule has 5 nitrogen and oxygen atoms in total. The van der Waals surface area contributed by atoms with Gasteiger partial charge >= 0.3 is 0 Å². The summed E-state index contributed by atoms with van der Waals surface area (Å²) in [5.41, 5.74) is 0.344. The molecule has 0 unspecified atom stereocenters. The van der Waals surface area contributed by atoms with Gasteiger partial charge in [0.2, 0.25) is 0 Å². The smallest absolute Gasteiger partial charge is 0.280 e. The maximum absolute atomic E-state index is 9.58. The Bertz CT molecular complexity index is 505. The molecule has 3 rings (SSSR count). The van der Waals surface area contributed by atoms with Gasteiger partial charge in [-0.15, -0.1) is 0 Å². The molecule has 0 radical (unpaired) electrons. The molecule has 2 aromatic rings. The van der Waals surface area contributed by atoms with Crippen molar-refractivity contribution in [3.05, 3.63) is 24.2 Å². The first-order valence-corrected chi connectivity index (χ1v) is 5.30. The highest BCUT2D eigenvalue weighted by Crippen LogP contribution is 2.32. The average Bonchev–Trinajstić information content (AvgIpc) is 2.97. The number of pyridine rings is 1. The molecule has 1 fully saturated rings. The summed E-state index contributed by atoms with van der Waals surface area (Å²) in [5, 5.41) is 13.5. The molecular formula is C11H11N3O2. The fourth-order valence-electron chi connectivity index (χ4n) is 1.57. The van der Waals surface area contributed by atoms with Crippen molar-refractivity contribution in [2.75, 3.05) is 0 Å². The molecule has 0 atom stereocenters. The fourth-order valence-corrected chi connectivity index (χ4v) is 1.57. The van der Waals surface area contributed by atoms with Crippen LogP contribution >= 0.6 is 0 Å². The Morgan fingerprint density at radius 3 is 3.06 bits per heavy atom. The van der Waals surface area contributed by atoms with Crippen LogP contribution in [0.3, 0.4) is 0 Å². The molecule has 1 aliphatic carbocycles. The van der Waals surface area contributed by atoms with E-state index in [0.29, 0.717) is 17.4 Å². The zero-order valence-corrected chi connectivity index (χ0v) is 8.63. The van der Waals surface area contributed by atoms with E-state index < -0.39 is 0 Å². The van der Waals surface area contributed by atoms with E-state index in [-0.39, 0.29) is 11.6 Å². The number of aromatic hydroxyl groups is 1. The van der Waals surface area contributed by atoms with Crippen LogP contribution < -0.4 is 0 Å². The SMILES string of the molecule is Oc1cccnc1-c1nc(CC2CC2)no1. The van der Waals surface area contributed by atoms with Crippen LogP contribution in [-0.2, 0) is 6.42 Å². The van der Waals surface area contributed by atoms with Gasteiger partial charge in [-0.3, -0.25) is 0 Å². The Kier molecular flexibility index (Phi) is 2.09. The van der Waals surface area contributed by atoms with E-state index in [4.69, 9.17) is 4.52 Å². The van der Waals surface area contributed by atoms with Crippen molar-refractivity contribution in [3.63, 3.8) is 0 Å². The maximum atomic E-state index is 9.58. The molecule has 0 saturated heterocycles. The van der Waals surface area contributed by atoms with Crippen LogP contribution in [0.5, 0.6) is 5.75 Å². The summed E-state index contributed by atoms with van der Waals surface area (Å²) in [5.74, 6) is 1.75. The molecule has 0 spiro atoms. The van der Waals surface area contributed by atoms with Crippen molar-refractivity contribution >= 4 is 0 Å². The molecular weight excluding hydrogens is 206 g/mol. The van der Waals surface area contributed by atoms with Crippen LogP contribution in [0.1, 0.15) is 18.7 Å². The third-order valence-corrected chi connectivity index (χ3v) is 2.63. The third-order valence-electron chi connectivity index (χ3n) is 2.63. The third kappa shape index (κ3) is 1.76. The van der Waals surface area contributed by atoms with Crippen LogP contribution in [0.4, 0.5) is 0 Å². The minimum absolute atomic E-state index is 0.0594. The topological polar surface area (TPSA) is 72.0 Å². The molecule has 0 aliphatic heterocycles. The zero-order valence-electron chi connectivity index (χ0n) is 8.63. The summed E-state index contributed by atoms with van der Waals surface area (Å²) in [4.78, 5) is 8.23. The standard InChI is InChI=1S/C11H11N3O2/c15-8-2-1-5-12-10(8)11-13-9(14-16-11)6-7-3-4-7/h1-2,5,7,15H,3-4,6H2. The maximum Gasteiger partial charge on any atom is 0.280 e. The molecule has 1 saturated carbocycles. The van der Waals surface area contributed by atoms with Crippen LogP contribution in [0.2, 0.25) is 0 Å². The lowest BCUT2D eigenvalue weighted by molar-refractivity contribution is 0.414. The largest absolute Gasteiger partial charge is 0.505 e. The van der Waals surface area contributed by atoms with Gasteiger partial charge in [0.15, 0.2) is 11.5 Å². The van der Waals surface area contributed by atoms with Gasteiger partial charge in [-0.1, -0.05) is 5.16 Å². The number of hydrogen-bond acceptors (Lipinski definition) is 5. The van der Waals surface area contributed by atoms with E-state index in [1.165, 1.54) is 12.8 Å². The van der Waals surface area contributed by atoms with E-state index in [2.05, 4.69) is 15.1 Å². The lowest BCUT2D eigenvalue weighted by Gasteiger charge is -1.95. The molecule has 1 aliphatic rings. The summed E-state index contributed by atoms with van der Waals surface area (Å²) in [7, 11) is 0. The summed E-state index contributed by atoms with van der Waals surface area (Å²) >= 11 is 0. The molecule has 1 N–H and O–H groups in total. The normalized spacial score (nSPS) is 15.2. The molecule has 0 amide bonds. The van der Waals surface area contributed by atoms with E-state index in [0.717, 1.165) is 6.42 Å². The predicted molar refractivity (Wildman–Crippen MR) is 55.6 cm³/mol. The Labute approximate surface area is 92.1 Å². The van der Waals surface area contributed by atoms with Crippen molar-refractivity contribution in [2.45, 2.75) is 19.3 Å². The molecule has 82 valence electrons. The fraction of sp³-hybridized carbons (Fsp3) is 0.364. The van der Waals surface area contributed by atoms with Crippen molar-refractivity contribution < 1.29 is 9.63 Å². The molecule has 5 heteroatoms. The van der Waals surface area contributed by atoms with Crippen molar-refractivity contribution in [1.82, 2.24) is 15.1 Å². The molecule has 2 aromatic heterocycles. The van der Waals surface area contributed by atoms with Crippen molar-refractivity contribution in [1.29, 1.82) is 0 Å². The Morgan fingerprint density at radius 1 is 1.44 bits per heavy atom. The first kappa shape index (κ1) is 9.33. The van der Waals surface area contributed by atoms with Crippen LogP contribution in [0, 0.1) is 5.92 Å². The quantitative estimate of drug-likeness (QED) is 0.848. The van der Waals surface area contributed by atoms with Crippen molar-refractivity contribution in [2.24, 2.45) is 5.92 Å². The molecule has 16 heavy (non-hydrogen) atoms. The second kappa shape index (κ2) is 3.59. The zero-order chi connectivity index (χ0) is 11.0. The van der Waals surface area contributed by atoms with Crippen molar-refractivity contribution in [3.8, 4) is 17.3 Å². The van der Waals surface area contributed by atoms with Gasteiger partial charge in [-0.25, -0.2) is 4.98 Å². The average molecular weight is 217 g/mol. The van der Waals surface area contributed by atoms with Crippen LogP contribution in [0.25, 0.3) is 11.6 Å². The van der Waals surface area contributed by atoms with Gasteiger partial charge in [0.05, 0.1) is 0 Å². The highest BCUT2D eigenvalue weighted by molar-refractivity contribution is 5.55. The Hall–Kier alpha value is -1.91. The predicted octanol–water partition coefficient (Wildman–Crippen LogP) is 1.79. The van der Waals surface area contributed by atoms with Crippen LogP contribution in [-0.4, -0.2) is 20.2 Å². The van der Waals surface area contributed by atoms with Gasteiger partial charge in [-0.2, -0.15) is 4.98 Å². The van der Waals surface area contributed by atoms with Crippen LogP contribution in [0.15, 0.2) is 22.9 Å². The molecule has 2 heterocycles. The van der Waals surface area contributed by atoms with Gasteiger partial charge in [-0.05, 0) is 30.9 Å². The van der Waals surface area contributed by atoms with Gasteiger partial charge in [0.1, 0.15) is 5.75 Å². The lowest BCUT2D eigenvalue weighted by atomic mass is 10.3. The second-order valence-corrected chi connectivity index (χ2v) is 4.03. The first-order valence-electron chi connectivity index (χ1n) is 5.30. The minimum Gasteiger partial charge on any atom is -0.505 e. The van der Waals surface area contributed by atoms with Gasteiger partial charge in [0, 0.05) is 12.6 Å². The molecule has 0 aromatic carbocycles. The lowest BCUT2D eigenvalue weighted by Crippen LogP contribution is -1.90. The minimum atomic E-state index is 0.0594. The first-order chi connectivity index (χ1) is 7.83. The van der Waals surface area contributed by atoms with E-state index in [1.54, 1.807) is 18.3 Å². The van der Waals surface area contributed by atoms with Gasteiger partial charge < -0.3 is 9.63 Å². The summed E-state index contributed by atoms with van der Waals surface area (Å²) in [6.45, 7) is 0. The summed E-state index contributed by atoms with van der Waals surface area (Å²) in [6, 6.07) is 3.20. The number of nitrogens with zero attached hydrogens (tertiary/aromatic N) is 3. The summed E-state index contributed by atoms with van der Waals surface area (Å²) < 4.78 is 5.08. The monoisotopic (exact) mass is 217 g/mol. The number of rotatable bonds is 3. The second-order valence-electron chi connectivity index (χ2n) is 4.03. The van der Waals surface area contributed by atoms with Gasteiger partial charge in [0.25, 0.3) is 5.89 Å². The Balaban J connectivity index is 1.88. The Morgan fingerprint density at radius 2 is 2.31 bits per heavy atom. The van der Waals surface area contributed by atoms with E-state index in [1.807, 2.05) is 0 Å². The molecule has 0 bridgehead atoms. The summed E-state index contributed by atoms with van der Waals surface area (Å²) in [6.07, 6.45) is 4.94. The number of aromatic nitrogens is 3. The van der Waals surface area contributed by atoms with E-state index >= 15 is 0 Å². The van der Waals surface area contributed by atoms with E-state index in [9.17, 15) is 5.11 Å². The highest BCUT2D eigenvalue weighted by atomic mass is 16.5.